The maximum absolute atomic E-state index is 16.2. The Hall–Kier alpha value is -4.29. The first-order valence-corrected chi connectivity index (χ1v) is 15.1. The summed E-state index contributed by atoms with van der Waals surface area (Å²) in [5.41, 5.74) is -1.31. The third-order valence-electron chi connectivity index (χ3n) is 7.14. The van der Waals surface area contributed by atoms with E-state index in [2.05, 4.69) is 15.0 Å². The van der Waals surface area contributed by atoms with E-state index in [-0.39, 0.29) is 45.6 Å². The highest BCUT2D eigenvalue weighted by Gasteiger charge is 2.39. The second kappa shape index (κ2) is 13.0. The second-order valence-corrected chi connectivity index (χ2v) is 11.2. The monoisotopic (exact) mass is 658 g/mol. The Bertz CT molecular complexity index is 1810. The number of pyridine rings is 1. The van der Waals surface area contributed by atoms with Gasteiger partial charge in [-0.1, -0.05) is 47.6 Å². The number of alkyl halides is 3. The number of rotatable bonds is 9. The summed E-state index contributed by atoms with van der Waals surface area (Å²) in [6.45, 7) is 1.79. The number of nitrogens with zero attached hydrogens (tertiary/aromatic N) is 4. The maximum atomic E-state index is 16.2. The lowest BCUT2D eigenvalue weighted by molar-refractivity contribution is -0.137. The van der Waals surface area contributed by atoms with Gasteiger partial charge in [0.1, 0.15) is 22.8 Å². The summed E-state index contributed by atoms with van der Waals surface area (Å²) in [4.78, 5) is 14.2. The zero-order valence-electron chi connectivity index (χ0n) is 24.5. The van der Waals surface area contributed by atoms with E-state index in [1.807, 2.05) is 24.3 Å². The molecule has 0 fully saturated rings. The predicted molar refractivity (Wildman–Crippen MR) is 167 cm³/mol. The predicted octanol–water partition coefficient (Wildman–Crippen LogP) is 8.46. The van der Waals surface area contributed by atoms with Crippen molar-refractivity contribution in [2.75, 3.05) is 25.4 Å². The van der Waals surface area contributed by atoms with Crippen LogP contribution in [0.4, 0.5) is 23.4 Å². The van der Waals surface area contributed by atoms with Gasteiger partial charge in [0.05, 0.1) is 41.4 Å². The molecule has 0 atom stereocenters. The molecule has 0 aliphatic heterocycles. The largest absolute Gasteiger partial charge is 0.497 e. The normalized spacial score (nSPS) is 11.6. The molecule has 0 saturated carbocycles. The lowest BCUT2D eigenvalue weighted by Crippen LogP contribution is -2.24. The van der Waals surface area contributed by atoms with E-state index in [1.54, 1.807) is 49.6 Å². The summed E-state index contributed by atoms with van der Waals surface area (Å²) < 4.78 is 70.6. The molecule has 0 bridgehead atoms. The number of fused-ring (bicyclic) bond motifs is 1. The highest BCUT2D eigenvalue weighted by atomic mass is 35.5. The quantitative estimate of drug-likeness (QED) is 0.0960. The van der Waals surface area contributed by atoms with Crippen LogP contribution in [0.1, 0.15) is 22.3 Å². The summed E-state index contributed by atoms with van der Waals surface area (Å²) in [6.07, 6.45) is -3.28. The Morgan fingerprint density at radius 2 is 1.44 bits per heavy atom. The fraction of sp³-hybridized carbons (Fsp3) is 0.219. The average Bonchev–Trinajstić information content (AvgIpc) is 3.01. The van der Waals surface area contributed by atoms with E-state index in [4.69, 9.17) is 21.1 Å². The second-order valence-electron chi connectivity index (χ2n) is 10.0. The van der Waals surface area contributed by atoms with E-state index < -0.39 is 34.7 Å². The van der Waals surface area contributed by atoms with Crippen molar-refractivity contribution in [1.82, 2.24) is 15.0 Å². The Morgan fingerprint density at radius 3 is 1.93 bits per heavy atom. The zero-order chi connectivity index (χ0) is 32.5. The molecular weight excluding hydrogens is 632 g/mol. The van der Waals surface area contributed by atoms with Gasteiger partial charge in [0.15, 0.2) is 11.0 Å². The maximum Gasteiger partial charge on any atom is 0.418 e. The van der Waals surface area contributed by atoms with Gasteiger partial charge in [0, 0.05) is 13.1 Å². The van der Waals surface area contributed by atoms with Crippen LogP contribution in [0.2, 0.25) is 5.02 Å². The number of aromatic nitrogens is 3. The van der Waals surface area contributed by atoms with E-state index in [0.29, 0.717) is 11.5 Å². The van der Waals surface area contributed by atoms with Gasteiger partial charge in [0.2, 0.25) is 5.88 Å². The minimum absolute atomic E-state index is 0.0336. The van der Waals surface area contributed by atoms with Gasteiger partial charge < -0.3 is 19.5 Å². The molecule has 1 N–H and O–H groups in total. The van der Waals surface area contributed by atoms with Crippen molar-refractivity contribution in [2.24, 2.45) is 0 Å². The molecule has 5 aromatic rings. The molecule has 0 saturated heterocycles. The molecule has 0 amide bonds. The molecule has 0 unspecified atom stereocenters. The van der Waals surface area contributed by atoms with Crippen LogP contribution in [-0.2, 0) is 19.3 Å². The van der Waals surface area contributed by atoms with Gasteiger partial charge in [-0.15, -0.1) is 0 Å². The summed E-state index contributed by atoms with van der Waals surface area (Å²) in [7, 11) is 3.10. The number of anilines is 1. The molecule has 45 heavy (non-hydrogen) atoms. The van der Waals surface area contributed by atoms with Crippen molar-refractivity contribution in [3.05, 3.63) is 93.8 Å². The number of hydrogen-bond acceptors (Lipinski definition) is 8. The van der Waals surface area contributed by atoms with Crippen molar-refractivity contribution in [3.8, 4) is 28.6 Å². The van der Waals surface area contributed by atoms with Gasteiger partial charge in [-0.3, -0.25) is 0 Å². The lowest BCUT2D eigenvalue weighted by atomic mass is 9.98. The molecule has 3 aromatic carbocycles. The minimum atomic E-state index is -4.90. The van der Waals surface area contributed by atoms with Crippen LogP contribution in [0.5, 0.6) is 17.4 Å². The first kappa shape index (κ1) is 32.1. The minimum Gasteiger partial charge on any atom is -0.497 e. The number of benzene rings is 3. The molecule has 234 valence electrons. The number of thioether (sulfide) groups is 1. The Kier molecular flexibility index (Phi) is 9.26. The van der Waals surface area contributed by atoms with E-state index in [0.717, 1.165) is 29.0 Å². The molecule has 7 nitrogen and oxygen atoms in total. The molecular formula is C32H27ClF4N4O3S. The first-order chi connectivity index (χ1) is 21.4. The Morgan fingerprint density at radius 1 is 0.889 bits per heavy atom. The van der Waals surface area contributed by atoms with Crippen LogP contribution < -0.4 is 14.4 Å². The smallest absolute Gasteiger partial charge is 0.418 e. The van der Waals surface area contributed by atoms with E-state index in [9.17, 15) is 18.3 Å². The Labute approximate surface area is 265 Å². The standard InChI is InChI=1S/C32H27ClF4N4O3S/c1-17-13-24(41(15-18-5-9-20(43-2)10-6-18)16-19-7-11-21(44-3)12-8-19)38-29(26(17)32(35,36)37)25-23(33)14-22-28(27(25)34)39-31(45-4)40-30(22)42/h5-14H,15-16H2,1-4H3,(H,39,40,42). The van der Waals surface area contributed by atoms with Crippen LogP contribution in [0.3, 0.4) is 0 Å². The van der Waals surface area contributed by atoms with Crippen LogP contribution >= 0.6 is 23.4 Å². The zero-order valence-corrected chi connectivity index (χ0v) is 26.1. The Balaban J connectivity index is 1.72. The molecule has 0 radical (unpaired) electrons. The number of methoxy groups -OCH3 is 2. The fourth-order valence-electron chi connectivity index (χ4n) is 4.94. The lowest BCUT2D eigenvalue weighted by Gasteiger charge is -2.27. The van der Waals surface area contributed by atoms with Gasteiger partial charge in [-0.25, -0.2) is 14.4 Å². The highest BCUT2D eigenvalue weighted by molar-refractivity contribution is 7.98. The van der Waals surface area contributed by atoms with Crippen molar-refractivity contribution in [2.45, 2.75) is 31.3 Å². The molecule has 0 spiro atoms. The van der Waals surface area contributed by atoms with Crippen LogP contribution in [0.15, 0.2) is 65.8 Å². The highest BCUT2D eigenvalue weighted by Crippen LogP contribution is 2.45. The summed E-state index contributed by atoms with van der Waals surface area (Å²) in [6, 6.07) is 17.0. The van der Waals surface area contributed by atoms with Crippen LogP contribution in [-0.4, -0.2) is 40.5 Å². The van der Waals surface area contributed by atoms with Crippen molar-refractivity contribution < 1.29 is 32.1 Å². The molecule has 0 aliphatic rings. The number of ether oxygens (including phenoxy) is 2. The third-order valence-corrected chi connectivity index (χ3v) is 7.98. The number of aromatic hydroxyl groups is 1. The van der Waals surface area contributed by atoms with Crippen molar-refractivity contribution >= 4 is 40.1 Å². The topological polar surface area (TPSA) is 80.6 Å². The van der Waals surface area contributed by atoms with Gasteiger partial charge in [-0.2, -0.15) is 18.2 Å². The SMILES string of the molecule is COc1ccc(CN(Cc2ccc(OC)cc2)c2cc(C)c(C(F)(F)F)c(-c3c(Cl)cc4c(O)nc(SC)nc4c3F)n2)cc1. The molecule has 2 aromatic heterocycles. The molecule has 2 heterocycles. The van der Waals surface area contributed by atoms with Crippen LogP contribution in [0.25, 0.3) is 22.2 Å². The first-order valence-electron chi connectivity index (χ1n) is 13.5. The average molecular weight is 659 g/mol. The molecule has 13 heteroatoms. The summed E-state index contributed by atoms with van der Waals surface area (Å²) in [5.74, 6) is -0.250. The third kappa shape index (κ3) is 6.71. The summed E-state index contributed by atoms with van der Waals surface area (Å²) >= 11 is 7.49. The number of aryl methyl sites for hydroxylation is 1. The van der Waals surface area contributed by atoms with Gasteiger partial charge in [0.25, 0.3) is 0 Å². The van der Waals surface area contributed by atoms with Crippen molar-refractivity contribution in [1.29, 1.82) is 0 Å². The van der Waals surface area contributed by atoms with Gasteiger partial charge >= 0.3 is 6.18 Å². The number of hydrogen-bond donors (Lipinski definition) is 1. The fourth-order valence-corrected chi connectivity index (χ4v) is 5.59. The summed E-state index contributed by atoms with van der Waals surface area (Å²) in [5, 5.41) is 9.89. The van der Waals surface area contributed by atoms with E-state index >= 15 is 4.39 Å². The number of halogens is 5. The van der Waals surface area contributed by atoms with Crippen molar-refractivity contribution in [3.63, 3.8) is 0 Å². The van der Waals surface area contributed by atoms with E-state index in [1.165, 1.54) is 13.0 Å². The van der Waals surface area contributed by atoms with Gasteiger partial charge in [-0.05, 0) is 66.3 Å². The van der Waals surface area contributed by atoms with Crippen LogP contribution in [0, 0.1) is 12.7 Å². The molecule has 0 aliphatic carbocycles. The molecule has 5 rings (SSSR count).